The van der Waals surface area contributed by atoms with Crippen molar-refractivity contribution in [2.75, 3.05) is 11.5 Å². The van der Waals surface area contributed by atoms with Crippen molar-refractivity contribution in [1.82, 2.24) is 9.97 Å². The third kappa shape index (κ3) is 4.45. The lowest BCUT2D eigenvalue weighted by Gasteiger charge is -2.19. The van der Waals surface area contributed by atoms with Gasteiger partial charge in [-0.1, -0.05) is 41.1 Å². The average Bonchev–Trinajstić information content (AvgIpc) is 3.18. The molecule has 0 radical (unpaired) electrons. The lowest BCUT2D eigenvalue weighted by Crippen LogP contribution is -2.34. The smallest absolute Gasteiger partial charge is 0.267 e. The molecule has 0 bridgehead atoms. The number of nitrogens with zero attached hydrogens (tertiary/aromatic N) is 3. The van der Waals surface area contributed by atoms with E-state index in [0.717, 1.165) is 27.0 Å². The van der Waals surface area contributed by atoms with E-state index >= 15 is 0 Å². The lowest BCUT2D eigenvalue weighted by molar-refractivity contribution is -0.120. The number of aryl methyl sites for hydroxylation is 2. The number of carbonyl (C=O) groups excluding carboxylic acids is 1. The van der Waals surface area contributed by atoms with E-state index < -0.39 is 0 Å². The van der Waals surface area contributed by atoms with Crippen molar-refractivity contribution in [3.63, 3.8) is 0 Å². The van der Waals surface area contributed by atoms with Crippen LogP contribution in [-0.2, 0) is 11.3 Å². The number of halogens is 1. The molecule has 1 amide bonds. The van der Waals surface area contributed by atoms with E-state index in [1.54, 1.807) is 11.1 Å². The number of benzene rings is 2. The molecular weight excluding hydrogens is 418 g/mol. The topological polar surface area (TPSA) is 55.3 Å². The Morgan fingerprint density at radius 3 is 2.77 bits per heavy atom. The molecule has 4 rings (SSSR count). The Hall–Kier alpha value is -2.96. The number of hydrogen-bond acceptors (Lipinski definition) is 5. The largest absolute Gasteiger partial charge is 0.484 e. The highest BCUT2D eigenvalue weighted by Gasteiger charge is 2.22. The molecule has 0 aliphatic rings. The molecule has 152 valence electrons. The van der Waals surface area contributed by atoms with Gasteiger partial charge in [0.05, 0.1) is 22.5 Å². The molecular formula is C23H20ClN3O2S. The minimum atomic E-state index is -0.190. The van der Waals surface area contributed by atoms with Crippen molar-refractivity contribution >= 4 is 44.2 Å². The summed E-state index contributed by atoms with van der Waals surface area (Å²) in [4.78, 5) is 23.8. The second-order valence-corrected chi connectivity index (χ2v) is 8.34. The van der Waals surface area contributed by atoms with Gasteiger partial charge < -0.3 is 4.74 Å². The Morgan fingerprint density at radius 2 is 2.00 bits per heavy atom. The fraction of sp³-hybridized carbons (Fsp3) is 0.174. The van der Waals surface area contributed by atoms with Crippen LogP contribution in [0.15, 0.2) is 60.8 Å². The number of rotatable bonds is 6. The first-order chi connectivity index (χ1) is 14.5. The van der Waals surface area contributed by atoms with Crippen molar-refractivity contribution in [3.8, 4) is 5.75 Å². The van der Waals surface area contributed by atoms with Gasteiger partial charge in [0.15, 0.2) is 11.7 Å². The Labute approximate surface area is 183 Å². The SMILES string of the molecule is Cc1cccc(OCC(=O)N(Cc2ccccn2)c2nc3c(C)c(Cl)ccc3s2)c1. The highest BCUT2D eigenvalue weighted by molar-refractivity contribution is 7.22. The van der Waals surface area contributed by atoms with E-state index in [2.05, 4.69) is 4.98 Å². The summed E-state index contributed by atoms with van der Waals surface area (Å²) in [5, 5.41) is 1.25. The van der Waals surface area contributed by atoms with Crippen LogP contribution in [0, 0.1) is 13.8 Å². The maximum Gasteiger partial charge on any atom is 0.267 e. The minimum Gasteiger partial charge on any atom is -0.484 e. The molecule has 2 aromatic heterocycles. The van der Waals surface area contributed by atoms with Crippen LogP contribution in [0.25, 0.3) is 10.2 Å². The molecule has 0 aliphatic carbocycles. The summed E-state index contributed by atoms with van der Waals surface area (Å²) in [6.45, 7) is 4.13. The third-order valence-corrected chi connectivity index (χ3v) is 6.12. The molecule has 0 saturated carbocycles. The number of carbonyl (C=O) groups is 1. The van der Waals surface area contributed by atoms with E-state index in [4.69, 9.17) is 21.3 Å². The Balaban J connectivity index is 1.64. The maximum atomic E-state index is 13.1. The molecule has 5 nitrogen and oxygen atoms in total. The van der Waals surface area contributed by atoms with Gasteiger partial charge in [-0.05, 0) is 61.4 Å². The van der Waals surface area contributed by atoms with Crippen molar-refractivity contribution in [3.05, 3.63) is 82.6 Å². The van der Waals surface area contributed by atoms with E-state index in [0.29, 0.717) is 22.4 Å². The van der Waals surface area contributed by atoms with Gasteiger partial charge in [0, 0.05) is 11.2 Å². The van der Waals surface area contributed by atoms with E-state index in [1.807, 2.05) is 68.4 Å². The Bertz CT molecular complexity index is 1190. The van der Waals surface area contributed by atoms with Gasteiger partial charge in [0.25, 0.3) is 5.91 Å². The summed E-state index contributed by atoms with van der Waals surface area (Å²) in [7, 11) is 0. The zero-order chi connectivity index (χ0) is 21.1. The first-order valence-corrected chi connectivity index (χ1v) is 10.7. The number of thiazole rings is 1. The summed E-state index contributed by atoms with van der Waals surface area (Å²) in [6, 6.07) is 17.0. The number of ether oxygens (including phenoxy) is 1. The number of amides is 1. The van der Waals surface area contributed by atoms with Crippen LogP contribution in [-0.4, -0.2) is 22.5 Å². The highest BCUT2D eigenvalue weighted by atomic mass is 35.5. The molecule has 0 fully saturated rings. The first kappa shape index (κ1) is 20.3. The monoisotopic (exact) mass is 437 g/mol. The Kier molecular flexibility index (Phi) is 5.97. The zero-order valence-electron chi connectivity index (χ0n) is 16.6. The van der Waals surface area contributed by atoms with Gasteiger partial charge >= 0.3 is 0 Å². The van der Waals surface area contributed by atoms with Gasteiger partial charge in [-0.15, -0.1) is 0 Å². The van der Waals surface area contributed by atoms with Crippen LogP contribution in [0.4, 0.5) is 5.13 Å². The molecule has 0 saturated heterocycles. The number of anilines is 1. The third-order valence-electron chi connectivity index (χ3n) is 4.67. The van der Waals surface area contributed by atoms with Crippen molar-refractivity contribution in [1.29, 1.82) is 0 Å². The summed E-state index contributed by atoms with van der Waals surface area (Å²) < 4.78 is 6.73. The van der Waals surface area contributed by atoms with Crippen molar-refractivity contribution in [2.24, 2.45) is 0 Å². The molecule has 4 aromatic rings. The molecule has 7 heteroatoms. The summed E-state index contributed by atoms with van der Waals surface area (Å²) >= 11 is 7.71. The summed E-state index contributed by atoms with van der Waals surface area (Å²) in [6.07, 6.45) is 1.71. The minimum absolute atomic E-state index is 0.0913. The zero-order valence-corrected chi connectivity index (χ0v) is 18.2. The van der Waals surface area contributed by atoms with Crippen LogP contribution in [0.3, 0.4) is 0 Å². The second-order valence-electron chi connectivity index (χ2n) is 6.92. The molecule has 30 heavy (non-hydrogen) atoms. The number of hydrogen-bond donors (Lipinski definition) is 0. The molecule has 0 N–H and O–H groups in total. The standard InChI is InChI=1S/C23H20ClN3O2S/c1-15-6-5-8-18(12-15)29-14-21(28)27(13-17-7-3-4-11-25-17)23-26-22-16(2)19(24)9-10-20(22)30-23/h3-12H,13-14H2,1-2H3. The quantitative estimate of drug-likeness (QED) is 0.395. The van der Waals surface area contributed by atoms with Crippen LogP contribution >= 0.6 is 22.9 Å². The summed E-state index contributed by atoms with van der Waals surface area (Å²) in [5.41, 5.74) is 3.55. The second kappa shape index (κ2) is 8.81. The van der Waals surface area contributed by atoms with Gasteiger partial charge in [-0.3, -0.25) is 14.7 Å². The number of aromatic nitrogens is 2. The van der Waals surface area contributed by atoms with E-state index in [-0.39, 0.29) is 12.5 Å². The predicted octanol–water partition coefficient (Wildman–Crippen LogP) is 5.57. The van der Waals surface area contributed by atoms with Crippen molar-refractivity contribution in [2.45, 2.75) is 20.4 Å². The van der Waals surface area contributed by atoms with Crippen molar-refractivity contribution < 1.29 is 9.53 Å². The normalized spacial score (nSPS) is 10.9. The van der Waals surface area contributed by atoms with Gasteiger partial charge in [-0.25, -0.2) is 4.98 Å². The molecule has 0 spiro atoms. The number of pyridine rings is 1. The van der Waals surface area contributed by atoms with Crippen LogP contribution in [0.5, 0.6) is 5.75 Å². The summed E-state index contributed by atoms with van der Waals surface area (Å²) in [5.74, 6) is 0.470. The van der Waals surface area contributed by atoms with Gasteiger partial charge in [0.1, 0.15) is 5.75 Å². The van der Waals surface area contributed by atoms with Crippen LogP contribution < -0.4 is 9.64 Å². The molecule has 2 aromatic carbocycles. The lowest BCUT2D eigenvalue weighted by atomic mass is 10.2. The van der Waals surface area contributed by atoms with Gasteiger partial charge in [-0.2, -0.15) is 0 Å². The van der Waals surface area contributed by atoms with Crippen LogP contribution in [0.2, 0.25) is 5.02 Å². The van der Waals surface area contributed by atoms with E-state index in [1.165, 1.54) is 11.3 Å². The average molecular weight is 438 g/mol. The fourth-order valence-electron chi connectivity index (χ4n) is 3.05. The maximum absolute atomic E-state index is 13.1. The first-order valence-electron chi connectivity index (χ1n) is 9.46. The highest BCUT2D eigenvalue weighted by Crippen LogP contribution is 2.34. The molecule has 0 aliphatic heterocycles. The fourth-order valence-corrected chi connectivity index (χ4v) is 4.24. The molecule has 2 heterocycles. The van der Waals surface area contributed by atoms with E-state index in [9.17, 15) is 4.79 Å². The molecule has 0 atom stereocenters. The number of fused-ring (bicyclic) bond motifs is 1. The molecule has 0 unspecified atom stereocenters. The van der Waals surface area contributed by atoms with Gasteiger partial charge in [0.2, 0.25) is 0 Å². The Morgan fingerprint density at radius 1 is 1.13 bits per heavy atom. The predicted molar refractivity (Wildman–Crippen MR) is 121 cm³/mol. The van der Waals surface area contributed by atoms with Crippen LogP contribution in [0.1, 0.15) is 16.8 Å².